The molecular weight excluding hydrogens is 449 g/mol. The van der Waals surface area contributed by atoms with Crippen LogP contribution in [0.3, 0.4) is 0 Å². The maximum absolute atomic E-state index is 14.3. The van der Waals surface area contributed by atoms with E-state index in [2.05, 4.69) is 5.32 Å². The first-order valence-electron chi connectivity index (χ1n) is 10.5. The van der Waals surface area contributed by atoms with Crippen molar-refractivity contribution in [1.82, 2.24) is 14.5 Å². The van der Waals surface area contributed by atoms with Crippen molar-refractivity contribution in [2.24, 2.45) is 5.92 Å². The number of rotatable bonds is 8. The molecule has 1 atom stereocenters. The summed E-state index contributed by atoms with van der Waals surface area (Å²) in [6.07, 6.45) is 0. The number of hydrogen-bond acceptors (Lipinski definition) is 5. The van der Waals surface area contributed by atoms with Gasteiger partial charge in [-0.05, 0) is 31.0 Å². The van der Waals surface area contributed by atoms with E-state index in [0.717, 1.165) is 4.90 Å². The maximum atomic E-state index is 14.3. The summed E-state index contributed by atoms with van der Waals surface area (Å²) in [6, 6.07) is 10.5. The topological polar surface area (TPSA) is 104 Å². The first-order chi connectivity index (χ1) is 15.5. The van der Waals surface area contributed by atoms with Gasteiger partial charge in [0.15, 0.2) is 0 Å². The molecule has 0 saturated heterocycles. The van der Waals surface area contributed by atoms with Gasteiger partial charge in [-0.15, -0.1) is 0 Å². The number of nitrogens with zero attached hydrogens (tertiary/aromatic N) is 2. The zero-order valence-electron chi connectivity index (χ0n) is 18.6. The summed E-state index contributed by atoms with van der Waals surface area (Å²) in [5.74, 6) is -2.48. The minimum Gasteiger partial charge on any atom is -0.354 e. The number of carbonyl (C=O) groups excluding carboxylic acids is 3. The first kappa shape index (κ1) is 24.4. The van der Waals surface area contributed by atoms with E-state index in [1.54, 1.807) is 6.07 Å². The quantitative estimate of drug-likeness (QED) is 0.630. The molecule has 1 aliphatic rings. The lowest BCUT2D eigenvalue weighted by Gasteiger charge is -2.30. The highest BCUT2D eigenvalue weighted by Gasteiger charge is 2.43. The van der Waals surface area contributed by atoms with Gasteiger partial charge in [-0.1, -0.05) is 44.2 Å². The van der Waals surface area contributed by atoms with Crippen LogP contribution in [0.4, 0.5) is 4.39 Å². The predicted molar refractivity (Wildman–Crippen MR) is 119 cm³/mol. The Morgan fingerprint density at radius 1 is 1.06 bits per heavy atom. The fraction of sp³-hybridized carbons (Fsp3) is 0.348. The number of benzene rings is 2. The van der Waals surface area contributed by atoms with Crippen molar-refractivity contribution in [3.63, 3.8) is 0 Å². The van der Waals surface area contributed by atoms with E-state index < -0.39 is 46.1 Å². The Hall–Kier alpha value is -3.27. The summed E-state index contributed by atoms with van der Waals surface area (Å²) in [4.78, 5) is 39.5. The molecule has 8 nitrogen and oxygen atoms in total. The van der Waals surface area contributed by atoms with Crippen molar-refractivity contribution in [2.75, 3.05) is 13.1 Å². The van der Waals surface area contributed by atoms with Crippen molar-refractivity contribution in [3.8, 4) is 0 Å². The lowest BCUT2D eigenvalue weighted by molar-refractivity contribution is -0.140. The van der Waals surface area contributed by atoms with E-state index in [1.807, 2.05) is 13.8 Å². The van der Waals surface area contributed by atoms with Crippen LogP contribution in [0.2, 0.25) is 0 Å². The highest BCUT2D eigenvalue weighted by atomic mass is 32.2. The summed E-state index contributed by atoms with van der Waals surface area (Å²) < 4.78 is 40.5. The number of hydrogen-bond donors (Lipinski definition) is 1. The Bertz CT molecular complexity index is 1180. The average Bonchev–Trinajstić information content (AvgIpc) is 2.97. The number of amides is 3. The van der Waals surface area contributed by atoms with Gasteiger partial charge in [-0.25, -0.2) is 17.1 Å². The van der Waals surface area contributed by atoms with Gasteiger partial charge in [-0.3, -0.25) is 14.4 Å². The molecule has 0 spiro atoms. The summed E-state index contributed by atoms with van der Waals surface area (Å²) in [5, 5.41) is 2.73. The third-order valence-electron chi connectivity index (χ3n) is 5.34. The van der Waals surface area contributed by atoms with E-state index >= 15 is 0 Å². The SMILES string of the molecule is CC(C)CNC(=O)[C@H](C)N(Cc1ccccc1F)C(=O)CN1C(=O)c2ccccc2S1(=O)=O. The molecule has 0 aliphatic carbocycles. The second-order valence-corrected chi connectivity index (χ2v) is 10.1. The maximum Gasteiger partial charge on any atom is 0.269 e. The molecule has 2 aromatic rings. The molecule has 0 radical (unpaired) electrons. The lowest BCUT2D eigenvalue weighted by atomic mass is 10.1. The van der Waals surface area contributed by atoms with Crippen LogP contribution in [-0.2, 0) is 26.2 Å². The molecule has 1 heterocycles. The Balaban J connectivity index is 1.88. The second kappa shape index (κ2) is 9.70. The average molecular weight is 476 g/mol. The van der Waals surface area contributed by atoms with Crippen molar-refractivity contribution in [1.29, 1.82) is 0 Å². The smallest absolute Gasteiger partial charge is 0.269 e. The number of nitrogens with one attached hydrogen (secondary N) is 1. The van der Waals surface area contributed by atoms with Crippen LogP contribution in [-0.4, -0.2) is 54.5 Å². The summed E-state index contributed by atoms with van der Waals surface area (Å²) in [5.41, 5.74) is 0.141. The van der Waals surface area contributed by atoms with Crippen LogP contribution in [0.25, 0.3) is 0 Å². The van der Waals surface area contributed by atoms with E-state index in [-0.39, 0.29) is 28.5 Å². The summed E-state index contributed by atoms with van der Waals surface area (Å²) in [7, 11) is -4.21. The van der Waals surface area contributed by atoms with E-state index in [4.69, 9.17) is 0 Å². The third-order valence-corrected chi connectivity index (χ3v) is 7.13. The van der Waals surface area contributed by atoms with Gasteiger partial charge < -0.3 is 10.2 Å². The van der Waals surface area contributed by atoms with Crippen molar-refractivity contribution in [2.45, 2.75) is 38.3 Å². The fourth-order valence-electron chi connectivity index (χ4n) is 3.45. The molecule has 0 bridgehead atoms. The Morgan fingerprint density at radius 2 is 1.70 bits per heavy atom. The van der Waals surface area contributed by atoms with Gasteiger partial charge in [0.2, 0.25) is 11.8 Å². The van der Waals surface area contributed by atoms with Gasteiger partial charge in [0.1, 0.15) is 23.3 Å². The van der Waals surface area contributed by atoms with Crippen molar-refractivity contribution < 1.29 is 27.2 Å². The van der Waals surface area contributed by atoms with Crippen molar-refractivity contribution >= 4 is 27.7 Å². The number of carbonyl (C=O) groups is 3. The van der Waals surface area contributed by atoms with Crippen LogP contribution in [0, 0.1) is 11.7 Å². The monoisotopic (exact) mass is 475 g/mol. The number of fused-ring (bicyclic) bond motifs is 1. The Labute approximate surface area is 192 Å². The zero-order chi connectivity index (χ0) is 24.3. The molecule has 3 amide bonds. The van der Waals surface area contributed by atoms with Gasteiger partial charge in [0.25, 0.3) is 15.9 Å². The lowest BCUT2D eigenvalue weighted by Crippen LogP contribution is -2.51. The molecular formula is C23H26FN3O5S. The molecule has 0 fully saturated rings. The number of sulfonamides is 1. The van der Waals surface area contributed by atoms with Gasteiger partial charge in [0, 0.05) is 18.7 Å². The normalized spacial score (nSPS) is 15.3. The van der Waals surface area contributed by atoms with E-state index in [0.29, 0.717) is 10.8 Å². The zero-order valence-corrected chi connectivity index (χ0v) is 19.4. The largest absolute Gasteiger partial charge is 0.354 e. The molecule has 176 valence electrons. The standard InChI is InChI=1S/C23H26FN3O5S/c1-15(2)12-25-22(29)16(3)26(13-17-8-4-6-10-19(17)24)21(28)14-27-23(30)18-9-5-7-11-20(18)33(27,31)32/h4-11,15-16H,12-14H2,1-3H3,(H,25,29)/t16-/m0/s1. The molecule has 33 heavy (non-hydrogen) atoms. The van der Waals surface area contributed by atoms with Gasteiger partial charge in [-0.2, -0.15) is 0 Å². The molecule has 0 saturated carbocycles. The number of halogens is 1. The highest BCUT2D eigenvalue weighted by molar-refractivity contribution is 7.90. The molecule has 3 rings (SSSR count). The minimum atomic E-state index is -4.21. The Kier molecular flexibility index (Phi) is 7.16. The van der Waals surface area contributed by atoms with Crippen molar-refractivity contribution in [3.05, 3.63) is 65.5 Å². The summed E-state index contributed by atoms with van der Waals surface area (Å²) in [6.45, 7) is 4.61. The Morgan fingerprint density at radius 3 is 2.33 bits per heavy atom. The van der Waals surface area contributed by atoms with Crippen LogP contribution in [0.5, 0.6) is 0 Å². The molecule has 0 aromatic heterocycles. The molecule has 1 aliphatic heterocycles. The first-order valence-corrected chi connectivity index (χ1v) is 11.9. The molecule has 1 N–H and O–H groups in total. The molecule has 10 heteroatoms. The fourth-order valence-corrected chi connectivity index (χ4v) is 4.96. The highest BCUT2D eigenvalue weighted by Crippen LogP contribution is 2.30. The van der Waals surface area contributed by atoms with Crippen LogP contribution in [0.1, 0.15) is 36.7 Å². The van der Waals surface area contributed by atoms with Crippen LogP contribution < -0.4 is 5.32 Å². The van der Waals surface area contributed by atoms with E-state index in [9.17, 15) is 27.2 Å². The van der Waals surface area contributed by atoms with Crippen LogP contribution >= 0.6 is 0 Å². The molecule has 0 unspecified atom stereocenters. The predicted octanol–water partition coefficient (Wildman–Crippen LogP) is 2.16. The van der Waals surface area contributed by atoms with Crippen LogP contribution in [0.15, 0.2) is 53.4 Å². The molecule has 2 aromatic carbocycles. The second-order valence-electron chi connectivity index (χ2n) is 8.24. The minimum absolute atomic E-state index is 0.0197. The van der Waals surface area contributed by atoms with Gasteiger partial charge >= 0.3 is 0 Å². The third kappa shape index (κ3) is 5.05. The van der Waals surface area contributed by atoms with Gasteiger partial charge in [0.05, 0.1) is 5.56 Å². The van der Waals surface area contributed by atoms with E-state index in [1.165, 1.54) is 49.4 Å². The summed E-state index contributed by atoms with van der Waals surface area (Å²) >= 11 is 0.